The van der Waals surface area contributed by atoms with Crippen LogP contribution in [0.15, 0.2) is 35.4 Å². The van der Waals surface area contributed by atoms with Crippen LogP contribution in [0.5, 0.6) is 0 Å². The molecule has 2 aromatic rings. The Hall–Kier alpha value is -1.31. The van der Waals surface area contributed by atoms with Crippen molar-refractivity contribution in [2.75, 3.05) is 0 Å². The standard InChI is InChI=1S/C9H9N3O2S2/c10-16(13,14)9-8(15-12-11-9)6-7-4-2-1-3-5-7/h1-5H,6H2,(H2,10,13,14). The number of rotatable bonds is 3. The second-order valence-electron chi connectivity index (χ2n) is 3.21. The molecule has 7 heteroatoms. The zero-order valence-electron chi connectivity index (χ0n) is 8.20. The maximum absolute atomic E-state index is 11.2. The highest BCUT2D eigenvalue weighted by Gasteiger charge is 2.18. The predicted octanol–water partition coefficient (Wildman–Crippen LogP) is 0.776. The van der Waals surface area contributed by atoms with E-state index in [4.69, 9.17) is 5.14 Å². The molecule has 16 heavy (non-hydrogen) atoms. The van der Waals surface area contributed by atoms with Gasteiger partial charge in [0.05, 0.1) is 4.88 Å². The zero-order chi connectivity index (χ0) is 11.6. The monoisotopic (exact) mass is 255 g/mol. The Kier molecular flexibility index (Phi) is 2.99. The van der Waals surface area contributed by atoms with Gasteiger partial charge in [0.15, 0.2) is 0 Å². The van der Waals surface area contributed by atoms with Crippen LogP contribution in [0, 0.1) is 0 Å². The summed E-state index contributed by atoms with van der Waals surface area (Å²) >= 11 is 1.05. The van der Waals surface area contributed by atoms with Gasteiger partial charge in [-0.1, -0.05) is 34.8 Å². The first-order valence-corrected chi connectivity index (χ1v) is 6.77. The molecule has 84 valence electrons. The summed E-state index contributed by atoms with van der Waals surface area (Å²) < 4.78 is 26.0. The van der Waals surface area contributed by atoms with Gasteiger partial charge in [-0.2, -0.15) is 0 Å². The molecule has 1 aromatic heterocycles. The van der Waals surface area contributed by atoms with Gasteiger partial charge in [0.1, 0.15) is 0 Å². The van der Waals surface area contributed by atoms with Crippen LogP contribution in [0.25, 0.3) is 0 Å². The second kappa shape index (κ2) is 4.28. The van der Waals surface area contributed by atoms with Gasteiger partial charge < -0.3 is 0 Å². The summed E-state index contributed by atoms with van der Waals surface area (Å²) in [5.41, 5.74) is 0.999. The number of hydrogen-bond acceptors (Lipinski definition) is 5. The molecule has 0 aliphatic heterocycles. The minimum atomic E-state index is -3.77. The van der Waals surface area contributed by atoms with Crippen LogP contribution < -0.4 is 5.14 Å². The summed E-state index contributed by atoms with van der Waals surface area (Å²) in [6, 6.07) is 9.50. The SMILES string of the molecule is NS(=O)(=O)c1nnsc1Cc1ccccc1. The normalized spacial score (nSPS) is 11.6. The number of aromatic nitrogens is 2. The highest BCUT2D eigenvalue weighted by atomic mass is 32.2. The summed E-state index contributed by atoms with van der Waals surface area (Å²) in [5.74, 6) is 0. The molecule has 0 bridgehead atoms. The summed E-state index contributed by atoms with van der Waals surface area (Å²) in [5, 5.41) is 8.45. The van der Waals surface area contributed by atoms with Crippen molar-refractivity contribution >= 4 is 21.6 Å². The van der Waals surface area contributed by atoms with Crippen molar-refractivity contribution in [1.29, 1.82) is 0 Å². The Morgan fingerprint density at radius 3 is 2.56 bits per heavy atom. The molecule has 5 nitrogen and oxygen atoms in total. The number of primary sulfonamides is 1. The first kappa shape index (κ1) is 11.2. The van der Waals surface area contributed by atoms with Gasteiger partial charge in [-0.05, 0) is 17.1 Å². The van der Waals surface area contributed by atoms with Gasteiger partial charge in [0.25, 0.3) is 10.0 Å². The molecule has 1 aromatic carbocycles. The van der Waals surface area contributed by atoms with Crippen LogP contribution in [0.2, 0.25) is 0 Å². The van der Waals surface area contributed by atoms with Crippen LogP contribution in [0.1, 0.15) is 10.4 Å². The predicted molar refractivity (Wildman–Crippen MR) is 60.5 cm³/mol. The Labute approximate surface area is 97.1 Å². The lowest BCUT2D eigenvalue weighted by Gasteiger charge is -1.99. The Bertz CT molecular complexity index is 578. The smallest absolute Gasteiger partial charge is 0.223 e. The third kappa shape index (κ3) is 2.43. The molecular formula is C9H9N3O2S2. The van der Waals surface area contributed by atoms with Gasteiger partial charge in [-0.15, -0.1) is 5.10 Å². The molecule has 0 saturated carbocycles. The van der Waals surface area contributed by atoms with Crippen molar-refractivity contribution < 1.29 is 8.42 Å². The molecule has 0 unspecified atom stereocenters. The molecule has 1 heterocycles. The van der Waals surface area contributed by atoms with Crippen molar-refractivity contribution in [3.05, 3.63) is 40.8 Å². The highest BCUT2D eigenvalue weighted by Crippen LogP contribution is 2.18. The fourth-order valence-electron chi connectivity index (χ4n) is 1.31. The van der Waals surface area contributed by atoms with E-state index in [0.717, 1.165) is 17.1 Å². The maximum atomic E-state index is 11.2. The largest absolute Gasteiger partial charge is 0.258 e. The van der Waals surface area contributed by atoms with Gasteiger partial charge in [0.2, 0.25) is 5.03 Å². The van der Waals surface area contributed by atoms with E-state index in [1.807, 2.05) is 30.3 Å². The van der Waals surface area contributed by atoms with Gasteiger partial charge >= 0.3 is 0 Å². The topological polar surface area (TPSA) is 85.9 Å². The number of nitrogens with zero attached hydrogens (tertiary/aromatic N) is 2. The van der Waals surface area contributed by atoms with E-state index in [2.05, 4.69) is 9.59 Å². The quantitative estimate of drug-likeness (QED) is 0.878. The number of benzene rings is 1. The van der Waals surface area contributed by atoms with E-state index in [1.54, 1.807) is 0 Å². The molecule has 0 fully saturated rings. The lowest BCUT2D eigenvalue weighted by molar-refractivity contribution is 0.592. The average Bonchev–Trinajstić information content (AvgIpc) is 2.67. The summed E-state index contributed by atoms with van der Waals surface area (Å²) in [7, 11) is -3.77. The van der Waals surface area contributed by atoms with E-state index < -0.39 is 10.0 Å². The Morgan fingerprint density at radius 2 is 1.94 bits per heavy atom. The summed E-state index contributed by atoms with van der Waals surface area (Å²) in [6.45, 7) is 0. The molecule has 0 atom stereocenters. The molecule has 0 saturated heterocycles. The van der Waals surface area contributed by atoms with E-state index >= 15 is 0 Å². The van der Waals surface area contributed by atoms with E-state index in [0.29, 0.717) is 11.3 Å². The van der Waals surface area contributed by atoms with E-state index in [-0.39, 0.29) is 5.03 Å². The van der Waals surface area contributed by atoms with E-state index in [1.165, 1.54) is 0 Å². The van der Waals surface area contributed by atoms with Crippen LogP contribution in [0.3, 0.4) is 0 Å². The summed E-state index contributed by atoms with van der Waals surface area (Å²) in [6.07, 6.45) is 0.476. The van der Waals surface area contributed by atoms with Crippen molar-refractivity contribution in [3.63, 3.8) is 0 Å². The molecular weight excluding hydrogens is 246 g/mol. The second-order valence-corrected chi connectivity index (χ2v) is 5.52. The average molecular weight is 255 g/mol. The molecule has 0 aliphatic carbocycles. The lowest BCUT2D eigenvalue weighted by atomic mass is 10.1. The zero-order valence-corrected chi connectivity index (χ0v) is 9.83. The first-order chi connectivity index (χ1) is 7.57. The Balaban J connectivity index is 2.34. The van der Waals surface area contributed by atoms with Crippen molar-refractivity contribution in [3.8, 4) is 0 Å². The van der Waals surface area contributed by atoms with Crippen molar-refractivity contribution in [1.82, 2.24) is 9.59 Å². The molecule has 2 N–H and O–H groups in total. The minimum Gasteiger partial charge on any atom is -0.223 e. The number of nitrogens with two attached hydrogens (primary N) is 1. The van der Waals surface area contributed by atoms with Crippen LogP contribution >= 0.6 is 11.5 Å². The maximum Gasteiger partial charge on any atom is 0.258 e. The minimum absolute atomic E-state index is 0.124. The summed E-state index contributed by atoms with van der Waals surface area (Å²) in [4.78, 5) is 0.564. The Morgan fingerprint density at radius 1 is 1.25 bits per heavy atom. The molecule has 2 rings (SSSR count). The van der Waals surface area contributed by atoms with E-state index in [9.17, 15) is 8.42 Å². The fraction of sp³-hybridized carbons (Fsp3) is 0.111. The third-order valence-electron chi connectivity index (χ3n) is 2.00. The van der Waals surface area contributed by atoms with Crippen LogP contribution in [-0.4, -0.2) is 18.0 Å². The first-order valence-electron chi connectivity index (χ1n) is 4.45. The number of hydrogen-bond donors (Lipinski definition) is 1. The van der Waals surface area contributed by atoms with Gasteiger partial charge in [0, 0.05) is 6.42 Å². The lowest BCUT2D eigenvalue weighted by Crippen LogP contribution is -2.14. The molecule has 0 aliphatic rings. The molecule has 0 spiro atoms. The molecule has 0 amide bonds. The van der Waals surface area contributed by atoms with Gasteiger partial charge in [-0.3, -0.25) is 0 Å². The van der Waals surface area contributed by atoms with Crippen molar-refractivity contribution in [2.24, 2.45) is 5.14 Å². The van der Waals surface area contributed by atoms with Crippen LogP contribution in [-0.2, 0) is 16.4 Å². The molecule has 0 radical (unpaired) electrons. The van der Waals surface area contributed by atoms with Crippen molar-refractivity contribution in [2.45, 2.75) is 11.4 Å². The van der Waals surface area contributed by atoms with Crippen LogP contribution in [0.4, 0.5) is 0 Å². The fourth-order valence-corrected chi connectivity index (χ4v) is 2.93. The highest BCUT2D eigenvalue weighted by molar-refractivity contribution is 7.89. The van der Waals surface area contributed by atoms with Gasteiger partial charge in [-0.25, -0.2) is 13.6 Å². The third-order valence-corrected chi connectivity index (χ3v) is 3.72. The number of sulfonamides is 1.